The van der Waals surface area contributed by atoms with Gasteiger partial charge in [-0.3, -0.25) is 0 Å². The van der Waals surface area contributed by atoms with Crippen molar-refractivity contribution < 1.29 is 0 Å². The smallest absolute Gasteiger partial charge is 0.164 e. The second-order valence-corrected chi connectivity index (χ2v) is 16.2. The third-order valence-corrected chi connectivity index (χ3v) is 12.5. The Morgan fingerprint density at radius 3 is 1.41 bits per heavy atom. The molecule has 0 aliphatic heterocycles. The predicted molar refractivity (Wildman–Crippen MR) is 262 cm³/mol. The van der Waals surface area contributed by atoms with E-state index >= 15 is 0 Å². The number of aromatic nitrogens is 3. The number of nitriles is 1. The van der Waals surface area contributed by atoms with Crippen molar-refractivity contribution in [3.63, 3.8) is 0 Å². The number of fused-ring (bicyclic) bond motifs is 4. The minimum Gasteiger partial charge on any atom is -0.208 e. The normalized spacial score (nSPS) is 11.4. The number of hydrogen-bond donors (Lipinski definition) is 0. The van der Waals surface area contributed by atoms with E-state index < -0.39 is 0 Å². The average molecular weight is 813 g/mol. The molecule has 0 atom stereocenters. The standard InChI is InChI=1S/C60H36N4/c61-37-46-36-53(38-16-5-1-6-17-38)56-51-33-32-48(49-26-15-27-50(55(49)51)57(56)54(46)40-18-7-2-8-19-40)45-34-44-24-13-14-25-47(44)52(35-45)39-28-30-43(31-29-39)60-63-58(41-20-9-3-10-21-41)62-59(64-60)42-22-11-4-12-23-42/h1-36H. The van der Waals surface area contributed by atoms with Gasteiger partial charge >= 0.3 is 0 Å². The molecule has 11 aromatic rings. The van der Waals surface area contributed by atoms with E-state index in [4.69, 9.17) is 15.0 Å². The lowest BCUT2D eigenvalue weighted by Crippen LogP contribution is -2.00. The Labute approximate surface area is 371 Å². The van der Waals surface area contributed by atoms with Crippen LogP contribution in [0.15, 0.2) is 218 Å². The SMILES string of the molecule is N#Cc1cc(-c2ccccc2)c2c(c1-c1ccccc1)-c1cccc3c(-c4cc(-c5ccc(-c6nc(-c7ccccc7)nc(-c7ccccc7)n6)cc5)c5ccccc5c4)ccc-2c13. The Balaban J connectivity index is 1.01. The van der Waals surface area contributed by atoms with E-state index in [1.165, 1.54) is 32.7 Å². The zero-order valence-corrected chi connectivity index (χ0v) is 34.6. The van der Waals surface area contributed by atoms with Gasteiger partial charge in [0.25, 0.3) is 0 Å². The van der Waals surface area contributed by atoms with Gasteiger partial charge in [0, 0.05) is 22.3 Å². The lowest BCUT2D eigenvalue weighted by Gasteiger charge is -2.17. The average Bonchev–Trinajstić information content (AvgIpc) is 3.71. The first kappa shape index (κ1) is 37.0. The molecule has 0 saturated heterocycles. The molecule has 0 saturated carbocycles. The van der Waals surface area contributed by atoms with E-state index in [2.05, 4.69) is 152 Å². The molecule has 1 aromatic heterocycles. The van der Waals surface area contributed by atoms with E-state index in [0.29, 0.717) is 23.0 Å². The van der Waals surface area contributed by atoms with Gasteiger partial charge in [-0.05, 0) is 101 Å². The minimum absolute atomic E-state index is 0.625. The van der Waals surface area contributed by atoms with E-state index in [-0.39, 0.29) is 0 Å². The Morgan fingerprint density at radius 1 is 0.297 bits per heavy atom. The van der Waals surface area contributed by atoms with Crippen molar-refractivity contribution in [1.82, 2.24) is 15.0 Å². The van der Waals surface area contributed by atoms with Gasteiger partial charge in [0.2, 0.25) is 0 Å². The van der Waals surface area contributed by atoms with Crippen LogP contribution in [0.5, 0.6) is 0 Å². The Bertz CT molecular complexity index is 3580. The fourth-order valence-electron chi connectivity index (χ4n) is 9.59. The van der Waals surface area contributed by atoms with Gasteiger partial charge in [-0.1, -0.05) is 200 Å². The molecular weight excluding hydrogens is 777 g/mol. The lowest BCUT2D eigenvalue weighted by atomic mass is 9.84. The molecule has 1 heterocycles. The second kappa shape index (κ2) is 15.3. The first-order valence-corrected chi connectivity index (χ1v) is 21.5. The van der Waals surface area contributed by atoms with Crippen molar-refractivity contribution >= 4 is 21.5 Å². The second-order valence-electron chi connectivity index (χ2n) is 16.2. The summed E-state index contributed by atoms with van der Waals surface area (Å²) in [5, 5.41) is 15.4. The maximum Gasteiger partial charge on any atom is 0.164 e. The van der Waals surface area contributed by atoms with Crippen molar-refractivity contribution in [2.75, 3.05) is 0 Å². The van der Waals surface area contributed by atoms with Crippen LogP contribution >= 0.6 is 0 Å². The summed E-state index contributed by atoms with van der Waals surface area (Å²) >= 11 is 0. The van der Waals surface area contributed by atoms with Crippen LogP contribution in [0.2, 0.25) is 0 Å². The molecule has 0 N–H and O–H groups in total. The maximum atomic E-state index is 10.7. The summed E-state index contributed by atoms with van der Waals surface area (Å²) in [5.74, 6) is 1.90. The van der Waals surface area contributed by atoms with Crippen molar-refractivity contribution in [3.05, 3.63) is 224 Å². The highest BCUT2D eigenvalue weighted by Crippen LogP contribution is 2.57. The van der Waals surface area contributed by atoms with Crippen LogP contribution < -0.4 is 0 Å². The number of nitrogens with zero attached hydrogens (tertiary/aromatic N) is 4. The summed E-state index contributed by atoms with van der Waals surface area (Å²) in [7, 11) is 0. The quantitative estimate of drug-likeness (QED) is 0.161. The van der Waals surface area contributed by atoms with Crippen LogP contribution in [0.25, 0.3) is 122 Å². The largest absolute Gasteiger partial charge is 0.208 e. The molecule has 10 aromatic carbocycles. The maximum absolute atomic E-state index is 10.7. The number of benzene rings is 10. The van der Waals surface area contributed by atoms with Gasteiger partial charge in [-0.15, -0.1) is 0 Å². The van der Waals surface area contributed by atoms with E-state index in [1.807, 2.05) is 72.8 Å². The van der Waals surface area contributed by atoms with Gasteiger partial charge in [0.05, 0.1) is 11.6 Å². The monoisotopic (exact) mass is 812 g/mol. The highest BCUT2D eigenvalue weighted by atomic mass is 15.0. The molecule has 64 heavy (non-hydrogen) atoms. The highest BCUT2D eigenvalue weighted by molar-refractivity contribution is 6.24. The molecule has 4 heteroatoms. The Morgan fingerprint density at radius 2 is 0.781 bits per heavy atom. The van der Waals surface area contributed by atoms with Crippen molar-refractivity contribution in [1.29, 1.82) is 5.26 Å². The summed E-state index contributed by atoms with van der Waals surface area (Å²) in [4.78, 5) is 14.9. The van der Waals surface area contributed by atoms with Crippen LogP contribution in [0.4, 0.5) is 0 Å². The fourth-order valence-corrected chi connectivity index (χ4v) is 9.59. The number of rotatable bonds is 7. The van der Waals surface area contributed by atoms with Gasteiger partial charge < -0.3 is 0 Å². The van der Waals surface area contributed by atoms with Crippen LogP contribution in [0.3, 0.4) is 0 Å². The van der Waals surface area contributed by atoms with Crippen LogP contribution in [-0.2, 0) is 0 Å². The molecule has 4 nitrogen and oxygen atoms in total. The Kier molecular flexibility index (Phi) is 8.84. The van der Waals surface area contributed by atoms with E-state index in [0.717, 1.165) is 72.3 Å². The molecule has 12 rings (SSSR count). The summed E-state index contributed by atoms with van der Waals surface area (Å²) in [5.41, 5.74) is 16.8. The molecule has 0 radical (unpaired) electrons. The number of hydrogen-bond acceptors (Lipinski definition) is 4. The third kappa shape index (κ3) is 6.18. The van der Waals surface area contributed by atoms with Gasteiger partial charge in [-0.25, -0.2) is 15.0 Å². The molecule has 0 spiro atoms. The van der Waals surface area contributed by atoms with E-state index in [1.54, 1.807) is 0 Å². The lowest BCUT2D eigenvalue weighted by molar-refractivity contribution is 1.07. The Hall–Kier alpha value is -8.78. The summed E-state index contributed by atoms with van der Waals surface area (Å²) < 4.78 is 0. The van der Waals surface area contributed by atoms with E-state index in [9.17, 15) is 5.26 Å². The molecular formula is C60H36N4. The molecule has 1 aliphatic rings. The summed E-state index contributed by atoms with van der Waals surface area (Å²) in [6.45, 7) is 0. The first-order valence-electron chi connectivity index (χ1n) is 21.5. The van der Waals surface area contributed by atoms with Gasteiger partial charge in [0.15, 0.2) is 17.5 Å². The minimum atomic E-state index is 0.625. The predicted octanol–water partition coefficient (Wildman–Crippen LogP) is 15.4. The topological polar surface area (TPSA) is 62.5 Å². The molecule has 0 bridgehead atoms. The third-order valence-electron chi connectivity index (χ3n) is 12.5. The molecule has 0 amide bonds. The zero-order chi connectivity index (χ0) is 42.6. The zero-order valence-electron chi connectivity index (χ0n) is 34.6. The van der Waals surface area contributed by atoms with Crippen LogP contribution in [0.1, 0.15) is 5.56 Å². The van der Waals surface area contributed by atoms with Gasteiger partial charge in [0.1, 0.15) is 0 Å². The van der Waals surface area contributed by atoms with Gasteiger partial charge in [-0.2, -0.15) is 5.26 Å². The molecule has 1 aliphatic carbocycles. The molecule has 296 valence electrons. The van der Waals surface area contributed by atoms with Crippen LogP contribution in [0, 0.1) is 11.3 Å². The highest BCUT2D eigenvalue weighted by Gasteiger charge is 2.31. The first-order chi connectivity index (χ1) is 31.7. The molecule has 0 unspecified atom stereocenters. The van der Waals surface area contributed by atoms with Crippen molar-refractivity contribution in [2.45, 2.75) is 0 Å². The van der Waals surface area contributed by atoms with Crippen molar-refractivity contribution in [3.8, 4) is 107 Å². The summed E-state index contributed by atoms with van der Waals surface area (Å²) in [6, 6.07) is 78.8. The molecule has 0 fully saturated rings. The van der Waals surface area contributed by atoms with Crippen LogP contribution in [-0.4, -0.2) is 15.0 Å². The summed E-state index contributed by atoms with van der Waals surface area (Å²) in [6.07, 6.45) is 0. The fraction of sp³-hybridized carbons (Fsp3) is 0. The van der Waals surface area contributed by atoms with Crippen molar-refractivity contribution in [2.24, 2.45) is 0 Å².